The normalized spacial score (nSPS) is 10.9. The first-order valence-electron chi connectivity index (χ1n) is 5.21. The monoisotopic (exact) mass is 234 g/mol. The van der Waals surface area contributed by atoms with Gasteiger partial charge in [0.05, 0.1) is 17.0 Å². The van der Waals surface area contributed by atoms with Gasteiger partial charge < -0.3 is 9.67 Å². The summed E-state index contributed by atoms with van der Waals surface area (Å²) in [6.45, 7) is 3.99. The molecule has 1 heterocycles. The van der Waals surface area contributed by atoms with Crippen molar-refractivity contribution in [1.29, 1.82) is 5.26 Å². The van der Waals surface area contributed by atoms with Crippen molar-refractivity contribution in [2.24, 2.45) is 5.41 Å². The maximum atomic E-state index is 11.6. The topological polar surface area (TPSA) is 83.1 Å². The molecule has 90 valence electrons. The summed E-state index contributed by atoms with van der Waals surface area (Å²) in [5.74, 6) is -1.12. The van der Waals surface area contributed by atoms with Crippen LogP contribution in [0.5, 0.6) is 0 Å². The number of carboxylic acid groups (broad SMARTS) is 1. The molecular weight excluding hydrogens is 220 g/mol. The molecule has 1 aromatic rings. The van der Waals surface area contributed by atoms with Gasteiger partial charge in [-0.2, -0.15) is 5.26 Å². The third kappa shape index (κ3) is 3.45. The second kappa shape index (κ2) is 4.83. The highest BCUT2D eigenvalue weighted by Crippen LogP contribution is 2.18. The zero-order valence-corrected chi connectivity index (χ0v) is 9.80. The fourth-order valence-corrected chi connectivity index (χ4v) is 1.28. The van der Waals surface area contributed by atoms with Gasteiger partial charge in [0, 0.05) is 18.8 Å². The maximum absolute atomic E-state index is 11.6. The number of nitriles is 1. The number of rotatable bonds is 4. The lowest BCUT2D eigenvalue weighted by Gasteiger charge is -2.15. The number of hydrogen-bond acceptors (Lipinski definition) is 3. The summed E-state index contributed by atoms with van der Waals surface area (Å²) < 4.78 is 1.41. The third-order valence-electron chi connectivity index (χ3n) is 2.52. The molecule has 0 atom stereocenters. The highest BCUT2D eigenvalue weighted by Gasteiger charge is 2.16. The summed E-state index contributed by atoms with van der Waals surface area (Å²) in [6, 6.07) is 4.61. The number of nitrogens with zero attached hydrogens (tertiary/aromatic N) is 2. The van der Waals surface area contributed by atoms with E-state index in [-0.39, 0.29) is 11.1 Å². The van der Waals surface area contributed by atoms with E-state index in [1.54, 1.807) is 13.8 Å². The number of aromatic carboxylic acids is 1. The van der Waals surface area contributed by atoms with Crippen molar-refractivity contribution in [2.45, 2.75) is 26.8 Å². The van der Waals surface area contributed by atoms with Crippen molar-refractivity contribution in [3.05, 3.63) is 34.2 Å². The van der Waals surface area contributed by atoms with Crippen LogP contribution in [0.15, 0.2) is 23.1 Å². The molecule has 5 nitrogen and oxygen atoms in total. The second-order valence-corrected chi connectivity index (χ2v) is 4.50. The number of carbonyl (C=O) groups is 1. The van der Waals surface area contributed by atoms with Crippen LogP contribution < -0.4 is 5.56 Å². The van der Waals surface area contributed by atoms with Gasteiger partial charge in [0.15, 0.2) is 0 Å². The summed E-state index contributed by atoms with van der Waals surface area (Å²) >= 11 is 0. The minimum atomic E-state index is -1.12. The molecule has 0 amide bonds. The fraction of sp³-hybridized carbons (Fsp3) is 0.417. The van der Waals surface area contributed by atoms with Gasteiger partial charge in [0.25, 0.3) is 5.56 Å². The predicted molar refractivity (Wildman–Crippen MR) is 61.7 cm³/mol. The number of hydrogen-bond donors (Lipinski definition) is 1. The zero-order chi connectivity index (χ0) is 13.1. The average molecular weight is 234 g/mol. The van der Waals surface area contributed by atoms with Crippen LogP contribution in [0, 0.1) is 16.7 Å². The van der Waals surface area contributed by atoms with Crippen molar-refractivity contribution < 1.29 is 9.90 Å². The maximum Gasteiger partial charge on any atom is 0.335 e. The Morgan fingerprint density at radius 2 is 2.24 bits per heavy atom. The Hall–Kier alpha value is -2.09. The van der Waals surface area contributed by atoms with Gasteiger partial charge >= 0.3 is 5.97 Å². The highest BCUT2D eigenvalue weighted by atomic mass is 16.4. The van der Waals surface area contributed by atoms with Crippen LogP contribution in [0.25, 0.3) is 0 Å². The number of pyridine rings is 1. The van der Waals surface area contributed by atoms with E-state index in [4.69, 9.17) is 10.4 Å². The molecule has 0 aromatic carbocycles. The van der Waals surface area contributed by atoms with Gasteiger partial charge in [-0.05, 0) is 26.3 Å². The predicted octanol–water partition coefficient (Wildman–Crippen LogP) is 1.49. The van der Waals surface area contributed by atoms with Gasteiger partial charge in [-0.15, -0.1) is 0 Å². The zero-order valence-electron chi connectivity index (χ0n) is 9.80. The molecular formula is C12H14N2O3. The standard InChI is InChI=1S/C12H14N2O3/c1-12(2,8-13)4-6-14-5-3-9(11(16)17)7-10(14)15/h3,5,7H,4,6H2,1-2H3,(H,16,17). The Labute approximate surface area is 98.9 Å². The van der Waals surface area contributed by atoms with Crippen molar-refractivity contribution >= 4 is 5.97 Å². The molecule has 0 fully saturated rings. The van der Waals surface area contributed by atoms with Crippen molar-refractivity contribution in [2.75, 3.05) is 0 Å². The quantitative estimate of drug-likeness (QED) is 0.855. The average Bonchev–Trinajstić information content (AvgIpc) is 2.27. The lowest BCUT2D eigenvalue weighted by molar-refractivity contribution is 0.0696. The van der Waals surface area contributed by atoms with Crippen LogP contribution >= 0.6 is 0 Å². The lowest BCUT2D eigenvalue weighted by atomic mass is 9.91. The summed E-state index contributed by atoms with van der Waals surface area (Å²) in [5.41, 5.74) is -0.880. The molecule has 0 radical (unpaired) electrons. The molecule has 0 bridgehead atoms. The van der Waals surface area contributed by atoms with Crippen LogP contribution in [0.4, 0.5) is 0 Å². The molecule has 0 unspecified atom stereocenters. The van der Waals surface area contributed by atoms with Crippen LogP contribution in [-0.4, -0.2) is 15.6 Å². The van der Waals surface area contributed by atoms with Crippen LogP contribution in [0.2, 0.25) is 0 Å². The number of carboxylic acids is 1. The summed E-state index contributed by atoms with van der Waals surface area (Å²) in [5, 5.41) is 17.5. The minimum absolute atomic E-state index is 0.0224. The largest absolute Gasteiger partial charge is 0.478 e. The van der Waals surface area contributed by atoms with Crippen LogP contribution in [0.3, 0.4) is 0 Å². The van der Waals surface area contributed by atoms with E-state index in [0.29, 0.717) is 13.0 Å². The third-order valence-corrected chi connectivity index (χ3v) is 2.52. The van der Waals surface area contributed by atoms with Gasteiger partial charge in [-0.3, -0.25) is 4.79 Å². The van der Waals surface area contributed by atoms with Gasteiger partial charge in [-0.1, -0.05) is 0 Å². The smallest absolute Gasteiger partial charge is 0.335 e. The summed E-state index contributed by atoms with van der Waals surface area (Å²) in [7, 11) is 0. The molecule has 1 rings (SSSR count). The van der Waals surface area contributed by atoms with Crippen molar-refractivity contribution in [1.82, 2.24) is 4.57 Å². The van der Waals surface area contributed by atoms with Gasteiger partial charge in [-0.25, -0.2) is 4.79 Å². The van der Waals surface area contributed by atoms with E-state index in [9.17, 15) is 9.59 Å². The molecule has 0 aliphatic heterocycles. The number of aromatic nitrogens is 1. The summed E-state index contributed by atoms with van der Waals surface area (Å²) in [6.07, 6.45) is 1.98. The van der Waals surface area contributed by atoms with Crippen LogP contribution in [-0.2, 0) is 6.54 Å². The van der Waals surface area contributed by atoms with Crippen molar-refractivity contribution in [3.63, 3.8) is 0 Å². The Bertz CT molecular complexity index is 523. The first-order chi connectivity index (χ1) is 7.85. The van der Waals surface area contributed by atoms with Crippen LogP contribution in [0.1, 0.15) is 30.6 Å². The lowest BCUT2D eigenvalue weighted by Crippen LogP contribution is -2.23. The Morgan fingerprint density at radius 3 is 2.71 bits per heavy atom. The summed E-state index contributed by atoms with van der Waals surface area (Å²) in [4.78, 5) is 22.2. The molecule has 0 aliphatic rings. The van der Waals surface area contributed by atoms with Gasteiger partial charge in [0.2, 0.25) is 0 Å². The van der Waals surface area contributed by atoms with Gasteiger partial charge in [0.1, 0.15) is 0 Å². The fourth-order valence-electron chi connectivity index (χ4n) is 1.28. The number of aryl methyl sites for hydroxylation is 1. The van der Waals surface area contributed by atoms with E-state index in [1.807, 2.05) is 0 Å². The van der Waals surface area contributed by atoms with E-state index < -0.39 is 11.4 Å². The molecule has 1 aromatic heterocycles. The van der Waals surface area contributed by atoms with Crippen molar-refractivity contribution in [3.8, 4) is 6.07 Å². The second-order valence-electron chi connectivity index (χ2n) is 4.50. The Morgan fingerprint density at radius 1 is 1.59 bits per heavy atom. The molecule has 5 heteroatoms. The van der Waals surface area contributed by atoms with E-state index >= 15 is 0 Å². The molecule has 1 N–H and O–H groups in total. The minimum Gasteiger partial charge on any atom is -0.478 e. The molecule has 17 heavy (non-hydrogen) atoms. The first-order valence-corrected chi connectivity index (χ1v) is 5.21. The molecule has 0 aliphatic carbocycles. The SMILES string of the molecule is CC(C)(C#N)CCn1ccc(C(=O)O)cc1=O. The Kier molecular flexibility index (Phi) is 3.69. The molecule has 0 saturated carbocycles. The van der Waals surface area contributed by atoms with E-state index in [1.165, 1.54) is 16.8 Å². The van der Waals surface area contributed by atoms with E-state index in [0.717, 1.165) is 6.07 Å². The molecule has 0 saturated heterocycles. The molecule has 0 spiro atoms. The highest BCUT2D eigenvalue weighted by molar-refractivity contribution is 5.87. The first kappa shape index (κ1) is 13.0. The Balaban J connectivity index is 2.85. The van der Waals surface area contributed by atoms with E-state index in [2.05, 4.69) is 6.07 Å².